The molecule has 0 heterocycles. The molecule has 0 spiro atoms. The average Bonchev–Trinajstić information content (AvgIpc) is 2.81. The van der Waals surface area contributed by atoms with Crippen molar-refractivity contribution in [3.63, 3.8) is 0 Å². The highest BCUT2D eigenvalue weighted by atomic mass is 19.1. The lowest BCUT2D eigenvalue weighted by Gasteiger charge is -2.52. The van der Waals surface area contributed by atoms with E-state index < -0.39 is 0 Å². The first kappa shape index (κ1) is 15.4. The molecule has 2 saturated carbocycles. The third-order valence-corrected chi connectivity index (χ3v) is 7.11. The second kappa shape index (κ2) is 5.47. The molecule has 4 rings (SSSR count). The summed E-state index contributed by atoms with van der Waals surface area (Å²) < 4.78 is 13.2. The minimum atomic E-state index is -0.270. The number of fused-ring (bicyclic) bond motifs is 5. The summed E-state index contributed by atoms with van der Waals surface area (Å²) in [5.41, 5.74) is 2.81. The molecular formula is C20H27FO2. The van der Waals surface area contributed by atoms with Crippen LogP contribution in [0.4, 0.5) is 4.39 Å². The zero-order chi connectivity index (χ0) is 16.2. The number of halogens is 1. The minimum absolute atomic E-state index is 0.184. The van der Waals surface area contributed by atoms with E-state index in [4.69, 9.17) is 0 Å². The molecule has 0 saturated heterocycles. The van der Waals surface area contributed by atoms with Gasteiger partial charge in [-0.3, -0.25) is 4.39 Å². The molecule has 2 N–H and O–H groups in total. The van der Waals surface area contributed by atoms with Crippen LogP contribution in [0.25, 0.3) is 0 Å². The van der Waals surface area contributed by atoms with E-state index in [0.29, 0.717) is 35.8 Å². The highest BCUT2D eigenvalue weighted by Gasteiger charge is 2.55. The number of benzene rings is 1. The number of hydrogen-bond acceptors (Lipinski definition) is 2. The third kappa shape index (κ3) is 2.39. The van der Waals surface area contributed by atoms with Gasteiger partial charge in [0.05, 0.1) is 12.8 Å². The SMILES string of the molecule is C[C@]12CC[C@@H]3c4ccc(O)cc4C[C@H](CCF)[C@H]3[C@@H]1C[C@@H](O)C2. The molecule has 0 aliphatic heterocycles. The molecule has 0 amide bonds. The smallest absolute Gasteiger partial charge is 0.115 e. The van der Waals surface area contributed by atoms with Gasteiger partial charge in [0.25, 0.3) is 0 Å². The van der Waals surface area contributed by atoms with Crippen LogP contribution in [0.3, 0.4) is 0 Å². The number of rotatable bonds is 2. The quantitative estimate of drug-likeness (QED) is 0.858. The van der Waals surface area contributed by atoms with Crippen molar-refractivity contribution in [3.8, 4) is 5.75 Å². The highest BCUT2D eigenvalue weighted by molar-refractivity contribution is 5.40. The van der Waals surface area contributed by atoms with E-state index in [2.05, 4.69) is 13.0 Å². The molecule has 3 heteroatoms. The molecule has 0 aromatic heterocycles. The average molecular weight is 318 g/mol. The molecule has 2 fully saturated rings. The van der Waals surface area contributed by atoms with Gasteiger partial charge < -0.3 is 10.2 Å². The van der Waals surface area contributed by atoms with E-state index in [-0.39, 0.29) is 18.2 Å². The summed E-state index contributed by atoms with van der Waals surface area (Å²) in [6, 6.07) is 5.76. The topological polar surface area (TPSA) is 40.5 Å². The van der Waals surface area contributed by atoms with Gasteiger partial charge >= 0.3 is 0 Å². The van der Waals surface area contributed by atoms with Crippen molar-refractivity contribution in [3.05, 3.63) is 29.3 Å². The number of aliphatic hydroxyl groups excluding tert-OH is 1. The lowest BCUT2D eigenvalue weighted by atomic mass is 9.52. The van der Waals surface area contributed by atoms with E-state index in [0.717, 1.165) is 32.1 Å². The van der Waals surface area contributed by atoms with Gasteiger partial charge in [0, 0.05) is 0 Å². The minimum Gasteiger partial charge on any atom is -0.508 e. The normalized spacial score (nSPS) is 42.0. The molecule has 0 bridgehead atoms. The first-order valence-electron chi connectivity index (χ1n) is 9.07. The number of phenols is 1. The first-order valence-corrected chi connectivity index (χ1v) is 9.07. The summed E-state index contributed by atoms with van der Waals surface area (Å²) in [5.74, 6) is 2.13. The van der Waals surface area contributed by atoms with Gasteiger partial charge in [0.15, 0.2) is 0 Å². The Morgan fingerprint density at radius 3 is 2.96 bits per heavy atom. The Morgan fingerprint density at radius 1 is 1.35 bits per heavy atom. The Labute approximate surface area is 137 Å². The maximum absolute atomic E-state index is 13.2. The Balaban J connectivity index is 1.75. The number of aromatic hydroxyl groups is 1. The number of alkyl halides is 1. The molecule has 2 nitrogen and oxygen atoms in total. The number of aliphatic hydroxyl groups is 1. The van der Waals surface area contributed by atoms with E-state index in [1.54, 1.807) is 6.07 Å². The van der Waals surface area contributed by atoms with Crippen molar-refractivity contribution >= 4 is 0 Å². The summed E-state index contributed by atoms with van der Waals surface area (Å²) in [4.78, 5) is 0. The zero-order valence-electron chi connectivity index (χ0n) is 13.8. The summed E-state index contributed by atoms with van der Waals surface area (Å²) in [5, 5.41) is 20.1. The van der Waals surface area contributed by atoms with Crippen LogP contribution in [0.2, 0.25) is 0 Å². The lowest BCUT2D eigenvalue weighted by Crippen LogP contribution is -2.44. The van der Waals surface area contributed by atoms with Crippen molar-refractivity contribution in [2.45, 2.75) is 57.5 Å². The first-order chi connectivity index (χ1) is 11.0. The largest absolute Gasteiger partial charge is 0.508 e. The predicted molar refractivity (Wildman–Crippen MR) is 88.2 cm³/mol. The van der Waals surface area contributed by atoms with Crippen molar-refractivity contribution in [1.82, 2.24) is 0 Å². The van der Waals surface area contributed by atoms with Gasteiger partial charge in [-0.1, -0.05) is 13.0 Å². The summed E-state index contributed by atoms with van der Waals surface area (Å²) in [7, 11) is 0. The van der Waals surface area contributed by atoms with Crippen LogP contribution in [-0.2, 0) is 6.42 Å². The number of hydrogen-bond donors (Lipinski definition) is 2. The van der Waals surface area contributed by atoms with Crippen LogP contribution in [0.5, 0.6) is 5.75 Å². The fourth-order valence-corrected chi connectivity index (χ4v) is 6.22. The van der Waals surface area contributed by atoms with Gasteiger partial charge in [-0.25, -0.2) is 0 Å². The van der Waals surface area contributed by atoms with E-state index in [1.807, 2.05) is 6.07 Å². The molecule has 23 heavy (non-hydrogen) atoms. The van der Waals surface area contributed by atoms with Crippen molar-refractivity contribution in [2.24, 2.45) is 23.2 Å². The summed E-state index contributed by atoms with van der Waals surface area (Å²) in [6.45, 7) is 2.07. The molecular weight excluding hydrogens is 291 g/mol. The molecule has 0 radical (unpaired) electrons. The van der Waals surface area contributed by atoms with Crippen LogP contribution < -0.4 is 0 Å². The zero-order valence-corrected chi connectivity index (χ0v) is 13.8. The van der Waals surface area contributed by atoms with Crippen LogP contribution in [0, 0.1) is 23.2 Å². The van der Waals surface area contributed by atoms with Crippen molar-refractivity contribution < 1.29 is 14.6 Å². The van der Waals surface area contributed by atoms with E-state index >= 15 is 0 Å². The Morgan fingerprint density at radius 2 is 2.17 bits per heavy atom. The monoisotopic (exact) mass is 318 g/mol. The fourth-order valence-electron chi connectivity index (χ4n) is 6.22. The summed E-state index contributed by atoms with van der Waals surface area (Å²) in [6.07, 6.45) is 5.37. The van der Waals surface area contributed by atoms with Gasteiger partial charge in [0.2, 0.25) is 0 Å². The second-order valence-electron chi connectivity index (χ2n) is 8.40. The van der Waals surface area contributed by atoms with Gasteiger partial charge in [-0.2, -0.15) is 0 Å². The van der Waals surface area contributed by atoms with Crippen LogP contribution in [0.1, 0.15) is 56.1 Å². The maximum Gasteiger partial charge on any atom is 0.115 e. The van der Waals surface area contributed by atoms with Gasteiger partial charge in [0.1, 0.15) is 5.75 Å². The Bertz CT molecular complexity index is 601. The van der Waals surface area contributed by atoms with Crippen LogP contribution >= 0.6 is 0 Å². The Hall–Kier alpha value is -1.09. The number of phenolic OH excluding ortho intramolecular Hbond substituents is 1. The van der Waals surface area contributed by atoms with E-state index in [1.165, 1.54) is 11.1 Å². The Kier molecular flexibility index (Phi) is 3.67. The fraction of sp³-hybridized carbons (Fsp3) is 0.700. The third-order valence-electron chi connectivity index (χ3n) is 7.11. The van der Waals surface area contributed by atoms with Gasteiger partial charge in [-0.15, -0.1) is 0 Å². The second-order valence-corrected chi connectivity index (χ2v) is 8.40. The van der Waals surface area contributed by atoms with Crippen molar-refractivity contribution in [2.75, 3.05) is 6.67 Å². The van der Waals surface area contributed by atoms with Gasteiger partial charge in [-0.05, 0) is 90.9 Å². The molecule has 0 unspecified atom stereocenters. The van der Waals surface area contributed by atoms with Crippen LogP contribution in [-0.4, -0.2) is 23.0 Å². The molecule has 1 aromatic carbocycles. The molecule has 3 aliphatic carbocycles. The standard InChI is InChI=1S/C20H27FO2/c1-20-6-4-17-16-3-2-14(22)9-13(16)8-12(5-7-21)19(17)18(20)10-15(23)11-20/h2-3,9,12,15,17-19,22-23H,4-8,10-11H2,1H3/t12-,15+,17+,18-,19+,20+/m0/s1. The molecule has 126 valence electrons. The van der Waals surface area contributed by atoms with Crippen LogP contribution in [0.15, 0.2) is 18.2 Å². The predicted octanol–water partition coefficient (Wildman–Crippen LogP) is 4.19. The lowest BCUT2D eigenvalue weighted by molar-refractivity contribution is 0.0214. The van der Waals surface area contributed by atoms with E-state index in [9.17, 15) is 14.6 Å². The maximum atomic E-state index is 13.2. The van der Waals surface area contributed by atoms with Crippen molar-refractivity contribution in [1.29, 1.82) is 0 Å². The highest BCUT2D eigenvalue weighted by Crippen LogP contribution is 2.62. The molecule has 3 aliphatic rings. The molecule has 1 aromatic rings. The summed E-state index contributed by atoms with van der Waals surface area (Å²) >= 11 is 0. The molecule has 6 atom stereocenters.